The van der Waals surface area contributed by atoms with Crippen molar-refractivity contribution < 1.29 is 23.4 Å². The Morgan fingerprint density at radius 1 is 1.32 bits per heavy atom. The highest BCUT2D eigenvalue weighted by Gasteiger charge is 2.21. The van der Waals surface area contributed by atoms with Gasteiger partial charge in [-0.05, 0) is 18.1 Å². The lowest BCUT2D eigenvalue weighted by molar-refractivity contribution is -0.139. The summed E-state index contributed by atoms with van der Waals surface area (Å²) in [6.45, 7) is -0.415. The number of sulfonamides is 1. The second kappa shape index (κ2) is 7.03. The molecule has 0 aliphatic heterocycles. The van der Waals surface area contributed by atoms with Crippen LogP contribution in [0.5, 0.6) is 0 Å². The van der Waals surface area contributed by atoms with E-state index >= 15 is 0 Å². The first kappa shape index (κ1) is 15.4. The third kappa shape index (κ3) is 5.64. The molecule has 19 heavy (non-hydrogen) atoms. The summed E-state index contributed by atoms with van der Waals surface area (Å²) in [5.74, 6) is -1.33. The maximum atomic E-state index is 11.7. The van der Waals surface area contributed by atoms with Gasteiger partial charge in [0.15, 0.2) is 0 Å². The predicted molar refractivity (Wildman–Crippen MR) is 70.7 cm³/mol. The second-order valence-electron chi connectivity index (χ2n) is 3.78. The Bertz CT molecular complexity index is 538. The Hall–Kier alpha value is -1.70. The minimum absolute atomic E-state index is 0.187. The standard InChI is InChI=1S/C12H15NO5S/c14-8-6-11(12(15)16)13-19(17,18)9-7-10-4-2-1-3-5-10/h1-5,7,9,11,13-14H,6,8H2,(H,15,16)/b9-7+/t11-/m1/s1. The molecule has 0 saturated carbocycles. The van der Waals surface area contributed by atoms with Gasteiger partial charge in [-0.15, -0.1) is 0 Å². The average Bonchev–Trinajstić information content (AvgIpc) is 2.37. The van der Waals surface area contributed by atoms with Gasteiger partial charge < -0.3 is 10.2 Å². The molecule has 0 bridgehead atoms. The van der Waals surface area contributed by atoms with Crippen molar-refractivity contribution in [3.63, 3.8) is 0 Å². The molecule has 0 aromatic heterocycles. The molecule has 0 heterocycles. The highest BCUT2D eigenvalue weighted by molar-refractivity contribution is 7.92. The number of aliphatic carboxylic acids is 1. The van der Waals surface area contributed by atoms with E-state index in [-0.39, 0.29) is 6.42 Å². The van der Waals surface area contributed by atoms with Crippen molar-refractivity contribution in [2.75, 3.05) is 6.61 Å². The Kier molecular flexibility index (Phi) is 5.68. The number of nitrogens with one attached hydrogen (secondary N) is 1. The van der Waals surface area contributed by atoms with Gasteiger partial charge in [0.05, 0.1) is 0 Å². The molecule has 0 aliphatic rings. The molecule has 3 N–H and O–H groups in total. The van der Waals surface area contributed by atoms with E-state index in [0.29, 0.717) is 5.56 Å². The van der Waals surface area contributed by atoms with Gasteiger partial charge in [0.2, 0.25) is 10.0 Å². The van der Waals surface area contributed by atoms with Crippen LogP contribution in [0.2, 0.25) is 0 Å². The normalized spacial score (nSPS) is 13.5. The van der Waals surface area contributed by atoms with Crippen molar-refractivity contribution >= 4 is 22.1 Å². The molecule has 0 spiro atoms. The molecule has 0 saturated heterocycles. The first-order valence-electron chi connectivity index (χ1n) is 5.54. The van der Waals surface area contributed by atoms with Crippen molar-refractivity contribution in [3.05, 3.63) is 41.3 Å². The van der Waals surface area contributed by atoms with E-state index in [4.69, 9.17) is 10.2 Å². The van der Waals surface area contributed by atoms with E-state index in [2.05, 4.69) is 0 Å². The molecule has 1 aromatic carbocycles. The summed E-state index contributed by atoms with van der Waals surface area (Å²) >= 11 is 0. The molecular weight excluding hydrogens is 270 g/mol. The quantitative estimate of drug-likeness (QED) is 0.673. The molecule has 1 rings (SSSR count). The number of hydrogen-bond acceptors (Lipinski definition) is 4. The Balaban J connectivity index is 2.76. The number of carboxylic acids is 1. The van der Waals surface area contributed by atoms with Gasteiger partial charge in [0, 0.05) is 12.0 Å². The summed E-state index contributed by atoms with van der Waals surface area (Å²) < 4.78 is 25.3. The molecule has 7 heteroatoms. The third-order valence-corrected chi connectivity index (χ3v) is 3.37. The lowest BCUT2D eigenvalue weighted by Gasteiger charge is -2.11. The molecule has 0 fully saturated rings. The summed E-state index contributed by atoms with van der Waals surface area (Å²) in [7, 11) is -3.87. The van der Waals surface area contributed by atoms with E-state index in [1.54, 1.807) is 30.3 Å². The van der Waals surface area contributed by atoms with Gasteiger partial charge in [-0.3, -0.25) is 4.79 Å². The molecule has 6 nitrogen and oxygen atoms in total. The molecule has 0 radical (unpaired) electrons. The fourth-order valence-electron chi connectivity index (χ4n) is 1.33. The van der Waals surface area contributed by atoms with Gasteiger partial charge in [-0.25, -0.2) is 8.42 Å². The second-order valence-corrected chi connectivity index (χ2v) is 5.38. The molecule has 1 aromatic rings. The lowest BCUT2D eigenvalue weighted by Crippen LogP contribution is -2.40. The van der Waals surface area contributed by atoms with Crippen LogP contribution in [0, 0.1) is 0 Å². The van der Waals surface area contributed by atoms with Crippen LogP contribution in [-0.4, -0.2) is 37.2 Å². The summed E-state index contributed by atoms with van der Waals surface area (Å²) in [6, 6.07) is 7.40. The molecule has 0 aliphatic carbocycles. The topological polar surface area (TPSA) is 104 Å². The largest absolute Gasteiger partial charge is 0.480 e. The van der Waals surface area contributed by atoms with Crippen LogP contribution in [0.3, 0.4) is 0 Å². The zero-order chi connectivity index (χ0) is 14.3. The van der Waals surface area contributed by atoms with Crippen LogP contribution in [0.1, 0.15) is 12.0 Å². The predicted octanol–water partition coefficient (Wildman–Crippen LogP) is 0.412. The Morgan fingerprint density at radius 2 is 1.95 bits per heavy atom. The maximum absolute atomic E-state index is 11.7. The van der Waals surface area contributed by atoms with Gasteiger partial charge in [-0.2, -0.15) is 4.72 Å². The summed E-state index contributed by atoms with van der Waals surface area (Å²) in [6.07, 6.45) is 1.17. The van der Waals surface area contributed by atoms with Gasteiger partial charge in [0.25, 0.3) is 0 Å². The summed E-state index contributed by atoms with van der Waals surface area (Å²) in [5, 5.41) is 18.4. The van der Waals surface area contributed by atoms with Crippen molar-refractivity contribution in [2.45, 2.75) is 12.5 Å². The lowest BCUT2D eigenvalue weighted by atomic mass is 10.2. The zero-order valence-corrected chi connectivity index (χ0v) is 10.9. The zero-order valence-electron chi connectivity index (χ0n) is 10.1. The first-order chi connectivity index (χ1) is 8.94. The number of benzene rings is 1. The summed E-state index contributed by atoms with van der Waals surface area (Å²) in [4.78, 5) is 10.8. The smallest absolute Gasteiger partial charge is 0.321 e. The number of carboxylic acid groups (broad SMARTS) is 1. The number of carbonyl (C=O) groups is 1. The van der Waals surface area contributed by atoms with E-state index < -0.39 is 28.6 Å². The molecule has 104 valence electrons. The number of hydrogen-bond donors (Lipinski definition) is 3. The third-order valence-electron chi connectivity index (χ3n) is 2.26. The van der Waals surface area contributed by atoms with Gasteiger partial charge in [-0.1, -0.05) is 30.3 Å². The van der Waals surface area contributed by atoms with Crippen LogP contribution < -0.4 is 4.72 Å². The Morgan fingerprint density at radius 3 is 2.47 bits per heavy atom. The maximum Gasteiger partial charge on any atom is 0.321 e. The molecule has 1 atom stereocenters. The van der Waals surface area contributed by atoms with Crippen LogP contribution in [-0.2, 0) is 14.8 Å². The SMILES string of the molecule is O=C(O)[C@@H](CCO)NS(=O)(=O)/C=C/c1ccccc1. The minimum Gasteiger partial charge on any atom is -0.480 e. The van der Waals surface area contributed by atoms with Crippen molar-refractivity contribution in [1.29, 1.82) is 0 Å². The van der Waals surface area contributed by atoms with Gasteiger partial charge >= 0.3 is 5.97 Å². The van der Waals surface area contributed by atoms with Gasteiger partial charge in [0.1, 0.15) is 6.04 Å². The Labute approximate surface area is 111 Å². The highest BCUT2D eigenvalue weighted by atomic mass is 32.2. The van der Waals surface area contributed by atoms with E-state index in [1.165, 1.54) is 6.08 Å². The molecule has 0 amide bonds. The fraction of sp³-hybridized carbons (Fsp3) is 0.250. The summed E-state index contributed by atoms with van der Waals surface area (Å²) in [5.41, 5.74) is 0.682. The van der Waals surface area contributed by atoms with Crippen LogP contribution in [0.25, 0.3) is 6.08 Å². The fourth-order valence-corrected chi connectivity index (χ4v) is 2.36. The van der Waals surface area contributed by atoms with E-state index in [1.807, 2.05) is 4.72 Å². The number of rotatable bonds is 7. The monoisotopic (exact) mass is 285 g/mol. The average molecular weight is 285 g/mol. The van der Waals surface area contributed by atoms with Crippen LogP contribution >= 0.6 is 0 Å². The molecule has 0 unspecified atom stereocenters. The van der Waals surface area contributed by atoms with Crippen molar-refractivity contribution in [1.82, 2.24) is 4.72 Å². The number of aliphatic hydroxyl groups excluding tert-OH is 1. The van der Waals surface area contributed by atoms with E-state index in [9.17, 15) is 13.2 Å². The minimum atomic E-state index is -3.87. The molecular formula is C12H15NO5S. The first-order valence-corrected chi connectivity index (χ1v) is 7.08. The number of aliphatic hydroxyl groups is 1. The van der Waals surface area contributed by atoms with Crippen molar-refractivity contribution in [2.24, 2.45) is 0 Å². The van der Waals surface area contributed by atoms with Crippen LogP contribution in [0.15, 0.2) is 35.7 Å². The van der Waals surface area contributed by atoms with E-state index in [0.717, 1.165) is 5.41 Å². The highest BCUT2D eigenvalue weighted by Crippen LogP contribution is 2.04. The van der Waals surface area contributed by atoms with Crippen LogP contribution in [0.4, 0.5) is 0 Å². The van der Waals surface area contributed by atoms with Crippen molar-refractivity contribution in [3.8, 4) is 0 Å².